The van der Waals surface area contributed by atoms with Crippen molar-refractivity contribution in [3.63, 3.8) is 0 Å². The molecule has 0 bridgehead atoms. The molecule has 1 aromatic rings. The van der Waals surface area contributed by atoms with E-state index in [-0.39, 0.29) is 6.04 Å². The molecule has 0 heterocycles. The van der Waals surface area contributed by atoms with Gasteiger partial charge in [0, 0.05) is 28.3 Å². The zero-order valence-electron chi connectivity index (χ0n) is 10.8. The van der Waals surface area contributed by atoms with Gasteiger partial charge in [0.05, 0.1) is 11.6 Å². The van der Waals surface area contributed by atoms with Crippen LogP contribution in [0.5, 0.6) is 0 Å². The summed E-state index contributed by atoms with van der Waals surface area (Å²) >= 11 is 0. The fraction of sp³-hybridized carbons (Fsp3) is 0.462. The summed E-state index contributed by atoms with van der Waals surface area (Å²) in [6.07, 6.45) is 0.909. The molecule has 0 fully saturated rings. The molecule has 0 amide bonds. The Kier molecular flexibility index (Phi) is 6.58. The van der Waals surface area contributed by atoms with E-state index in [2.05, 4.69) is 23.8 Å². The second kappa shape index (κ2) is 7.98. The predicted octanol–water partition coefficient (Wildman–Crippen LogP) is 1.31. The van der Waals surface area contributed by atoms with E-state index in [1.807, 2.05) is 18.2 Å². The van der Waals surface area contributed by atoms with Crippen LogP contribution in [0.25, 0.3) is 0 Å². The molecule has 98 valence electrons. The van der Waals surface area contributed by atoms with Crippen LogP contribution in [0.2, 0.25) is 0 Å². The summed E-state index contributed by atoms with van der Waals surface area (Å²) in [7, 11) is 0.834. The maximum absolute atomic E-state index is 12.1. The Morgan fingerprint density at radius 1 is 1.44 bits per heavy atom. The Morgan fingerprint density at radius 2 is 2.17 bits per heavy atom. The minimum Gasteiger partial charge on any atom is -0.261 e. The first-order chi connectivity index (χ1) is 8.71. The summed E-state index contributed by atoms with van der Waals surface area (Å²) in [5.41, 5.74) is 7.41. The number of benzene rings is 1. The minimum absolute atomic E-state index is 0.185. The zero-order chi connectivity index (χ0) is 13.4. The zero-order valence-corrected chi connectivity index (χ0v) is 11.6. The Morgan fingerprint density at radius 3 is 2.78 bits per heavy atom. The average molecular weight is 265 g/mol. The second-order valence-corrected chi connectivity index (χ2v) is 5.52. The summed E-state index contributed by atoms with van der Waals surface area (Å²) in [4.78, 5) is 0. The Bertz CT molecular complexity index is 442. The summed E-state index contributed by atoms with van der Waals surface area (Å²) < 4.78 is 12.1. The van der Waals surface area contributed by atoms with Gasteiger partial charge in [-0.3, -0.25) is 15.1 Å². The molecule has 0 aliphatic rings. The lowest BCUT2D eigenvalue weighted by Gasteiger charge is -2.15. The van der Waals surface area contributed by atoms with Crippen LogP contribution in [0.15, 0.2) is 24.3 Å². The molecule has 0 radical (unpaired) electrons. The number of nitriles is 1. The molecule has 1 rings (SSSR count). The van der Waals surface area contributed by atoms with E-state index >= 15 is 0 Å². The highest BCUT2D eigenvalue weighted by Crippen LogP contribution is 2.10. The fourth-order valence-corrected chi connectivity index (χ4v) is 3.16. The van der Waals surface area contributed by atoms with Crippen molar-refractivity contribution in [3.8, 4) is 6.07 Å². The van der Waals surface area contributed by atoms with Gasteiger partial charge in [0.2, 0.25) is 0 Å². The first kappa shape index (κ1) is 14.8. The number of rotatable bonds is 7. The number of hydrogen-bond acceptors (Lipinski definition) is 4. The average Bonchev–Trinajstić information content (AvgIpc) is 2.38. The molecular weight excluding hydrogens is 246 g/mol. The third-order valence-electron chi connectivity index (χ3n) is 2.68. The van der Waals surface area contributed by atoms with Gasteiger partial charge in [-0.2, -0.15) is 5.26 Å². The van der Waals surface area contributed by atoms with Crippen molar-refractivity contribution in [1.82, 2.24) is 10.9 Å². The van der Waals surface area contributed by atoms with E-state index in [4.69, 9.17) is 5.26 Å². The molecular formula is C13H19N3OS. The highest BCUT2D eigenvalue weighted by atomic mass is 32.2. The summed E-state index contributed by atoms with van der Waals surface area (Å²) in [6.45, 7) is 2.05. The quantitative estimate of drug-likeness (QED) is 0.730. The Labute approximate surface area is 111 Å². The van der Waals surface area contributed by atoms with Crippen LogP contribution in [-0.4, -0.2) is 23.1 Å². The van der Waals surface area contributed by atoms with Crippen molar-refractivity contribution in [2.45, 2.75) is 25.1 Å². The van der Waals surface area contributed by atoms with Gasteiger partial charge in [-0.1, -0.05) is 25.1 Å². The first-order valence-corrected chi connectivity index (χ1v) is 7.45. The fourth-order valence-electron chi connectivity index (χ4n) is 1.68. The number of hydrazine groups is 1. The lowest BCUT2D eigenvalue weighted by molar-refractivity contribution is 0.479. The van der Waals surface area contributed by atoms with Gasteiger partial charge in [0.15, 0.2) is 0 Å². The van der Waals surface area contributed by atoms with Crippen molar-refractivity contribution in [2.24, 2.45) is 0 Å². The summed E-state index contributed by atoms with van der Waals surface area (Å²) in [5, 5.41) is 8.97. The lowest BCUT2D eigenvalue weighted by Crippen LogP contribution is -2.41. The van der Waals surface area contributed by atoms with Crippen molar-refractivity contribution in [1.29, 1.82) is 5.26 Å². The van der Waals surface area contributed by atoms with E-state index in [0.717, 1.165) is 12.0 Å². The maximum Gasteiger partial charge on any atom is 0.0994 e. The van der Waals surface area contributed by atoms with Gasteiger partial charge >= 0.3 is 0 Å². The predicted molar refractivity (Wildman–Crippen MR) is 74.1 cm³/mol. The topological polar surface area (TPSA) is 64.9 Å². The van der Waals surface area contributed by atoms with E-state index in [9.17, 15) is 4.21 Å². The Balaban J connectivity index is 2.62. The van der Waals surface area contributed by atoms with Crippen molar-refractivity contribution in [2.75, 3.05) is 12.8 Å². The molecule has 4 nitrogen and oxygen atoms in total. The van der Waals surface area contributed by atoms with Gasteiger partial charge in [0.1, 0.15) is 0 Å². The van der Waals surface area contributed by atoms with Crippen molar-refractivity contribution < 1.29 is 4.21 Å². The van der Waals surface area contributed by atoms with Crippen molar-refractivity contribution >= 4 is 10.8 Å². The molecule has 5 heteroatoms. The minimum atomic E-state index is -0.968. The molecule has 2 N–H and O–H groups in total. The van der Waals surface area contributed by atoms with Gasteiger partial charge < -0.3 is 0 Å². The van der Waals surface area contributed by atoms with Crippen LogP contribution in [0.1, 0.15) is 24.5 Å². The van der Waals surface area contributed by atoms with E-state index in [1.165, 1.54) is 0 Å². The summed E-state index contributed by atoms with van der Waals surface area (Å²) in [6, 6.07) is 9.63. The van der Waals surface area contributed by atoms with Gasteiger partial charge in [-0.05, 0) is 25.1 Å². The van der Waals surface area contributed by atoms with Crippen LogP contribution in [-0.2, 0) is 16.6 Å². The Hall–Kier alpha value is -1.22. The maximum atomic E-state index is 12.1. The molecule has 0 saturated heterocycles. The first-order valence-electron chi connectivity index (χ1n) is 5.96. The third-order valence-corrected chi connectivity index (χ3v) is 4.09. The third kappa shape index (κ3) is 4.57. The number of nitrogens with zero attached hydrogens (tertiary/aromatic N) is 1. The SMILES string of the molecule is CCC(CS(=O)Cc1ccccc1C#N)NNC. The van der Waals surface area contributed by atoms with Gasteiger partial charge in [-0.15, -0.1) is 0 Å². The molecule has 0 spiro atoms. The number of hydrogen-bond donors (Lipinski definition) is 2. The normalized spacial score (nSPS) is 13.8. The van der Waals surface area contributed by atoms with Crippen LogP contribution < -0.4 is 10.9 Å². The molecule has 1 aromatic carbocycles. The molecule has 18 heavy (non-hydrogen) atoms. The van der Waals surface area contributed by atoms with Crippen LogP contribution in [0.4, 0.5) is 0 Å². The van der Waals surface area contributed by atoms with Crippen LogP contribution in [0.3, 0.4) is 0 Å². The highest BCUT2D eigenvalue weighted by molar-refractivity contribution is 7.84. The molecule has 0 aliphatic heterocycles. The molecule has 0 aromatic heterocycles. The largest absolute Gasteiger partial charge is 0.261 e. The van der Waals surface area contributed by atoms with Gasteiger partial charge in [-0.25, -0.2) is 0 Å². The molecule has 0 aliphatic carbocycles. The molecule has 0 saturated carbocycles. The molecule has 2 atom stereocenters. The monoisotopic (exact) mass is 265 g/mol. The molecule has 2 unspecified atom stereocenters. The smallest absolute Gasteiger partial charge is 0.0994 e. The second-order valence-electron chi connectivity index (χ2n) is 4.02. The van der Waals surface area contributed by atoms with Crippen LogP contribution in [0, 0.1) is 11.3 Å². The van der Waals surface area contributed by atoms with Crippen molar-refractivity contribution in [3.05, 3.63) is 35.4 Å². The lowest BCUT2D eigenvalue weighted by atomic mass is 10.1. The summed E-state index contributed by atoms with van der Waals surface area (Å²) in [5.74, 6) is 1.02. The van der Waals surface area contributed by atoms with Gasteiger partial charge in [0.25, 0.3) is 0 Å². The standard InChI is InChI=1S/C13H19N3OS/c1-3-13(16-15-2)10-18(17)9-12-7-5-4-6-11(12)8-14/h4-7,13,15-16H,3,9-10H2,1-2H3. The van der Waals surface area contributed by atoms with E-state index in [1.54, 1.807) is 13.1 Å². The van der Waals surface area contributed by atoms with Crippen LogP contribution >= 0.6 is 0 Å². The highest BCUT2D eigenvalue weighted by Gasteiger charge is 2.11. The van der Waals surface area contributed by atoms with E-state index < -0.39 is 10.8 Å². The number of nitrogens with one attached hydrogen (secondary N) is 2. The van der Waals surface area contributed by atoms with E-state index in [0.29, 0.717) is 17.1 Å².